The number of rotatable bonds is 6. The molecule has 2 aromatic heterocycles. The van der Waals surface area contributed by atoms with Crippen LogP contribution in [0.25, 0.3) is 0 Å². The van der Waals surface area contributed by atoms with Crippen LogP contribution in [-0.2, 0) is 24.2 Å². The Morgan fingerprint density at radius 3 is 2.70 bits per heavy atom. The molecule has 1 unspecified atom stereocenters. The van der Waals surface area contributed by atoms with Crippen molar-refractivity contribution in [1.82, 2.24) is 15.1 Å². The van der Waals surface area contributed by atoms with E-state index >= 15 is 0 Å². The fraction of sp³-hybridized carbons (Fsp3) is 0.364. The van der Waals surface area contributed by atoms with E-state index in [0.717, 1.165) is 23.3 Å². The van der Waals surface area contributed by atoms with Gasteiger partial charge in [0.05, 0.1) is 11.0 Å². The molecule has 0 spiro atoms. The van der Waals surface area contributed by atoms with Gasteiger partial charge in [0.1, 0.15) is 17.9 Å². The van der Waals surface area contributed by atoms with Crippen molar-refractivity contribution in [2.24, 2.45) is 0 Å². The van der Waals surface area contributed by atoms with Crippen molar-refractivity contribution in [3.63, 3.8) is 0 Å². The number of thiophene rings is 1. The molecule has 0 saturated heterocycles. The standard InChI is InChI=1S/C22H24N4O3S/c1-14-22(26(28)29)15(2)25(24-14)13-20(27)23-21(19-8-5-11-30-19)18-10-9-16-6-3-4-7-17(16)12-18/h5,8-12,21H,3-4,6-7,13H2,1-2H3,(H,23,27). The van der Waals surface area contributed by atoms with E-state index in [-0.39, 0.29) is 24.2 Å². The van der Waals surface area contributed by atoms with Crippen molar-refractivity contribution in [3.8, 4) is 0 Å². The number of fused-ring (bicyclic) bond motifs is 1. The Bertz CT molecular complexity index is 1090. The minimum absolute atomic E-state index is 0.0349. The molecule has 0 radical (unpaired) electrons. The molecule has 7 nitrogen and oxygen atoms in total. The second-order valence-electron chi connectivity index (χ2n) is 7.69. The Labute approximate surface area is 178 Å². The van der Waals surface area contributed by atoms with Gasteiger partial charge in [-0.2, -0.15) is 5.10 Å². The number of nitrogens with one attached hydrogen (secondary N) is 1. The normalized spacial score (nSPS) is 14.2. The fourth-order valence-electron chi connectivity index (χ4n) is 4.16. The molecular weight excluding hydrogens is 400 g/mol. The monoisotopic (exact) mass is 424 g/mol. The van der Waals surface area contributed by atoms with Crippen molar-refractivity contribution in [1.29, 1.82) is 0 Å². The number of benzene rings is 1. The Morgan fingerprint density at radius 2 is 2.03 bits per heavy atom. The predicted octanol–water partition coefficient (Wildman–Crippen LogP) is 4.25. The van der Waals surface area contributed by atoms with Crippen molar-refractivity contribution < 1.29 is 9.72 Å². The summed E-state index contributed by atoms with van der Waals surface area (Å²) in [6.07, 6.45) is 4.61. The Morgan fingerprint density at radius 1 is 1.27 bits per heavy atom. The highest BCUT2D eigenvalue weighted by molar-refractivity contribution is 7.10. The molecule has 156 valence electrons. The number of carbonyl (C=O) groups excluding carboxylic acids is 1. The number of carbonyl (C=O) groups is 1. The average molecular weight is 425 g/mol. The molecule has 1 aliphatic rings. The maximum Gasteiger partial charge on any atom is 0.312 e. The molecule has 0 saturated carbocycles. The van der Waals surface area contributed by atoms with Gasteiger partial charge in [-0.15, -0.1) is 11.3 Å². The van der Waals surface area contributed by atoms with Crippen LogP contribution in [0.15, 0.2) is 35.7 Å². The van der Waals surface area contributed by atoms with Crippen LogP contribution in [0.2, 0.25) is 0 Å². The number of hydrogen-bond donors (Lipinski definition) is 1. The molecule has 8 heteroatoms. The van der Waals surface area contributed by atoms with E-state index in [1.54, 1.807) is 25.2 Å². The van der Waals surface area contributed by atoms with Crippen LogP contribution in [0.1, 0.15) is 51.8 Å². The van der Waals surface area contributed by atoms with Crippen LogP contribution >= 0.6 is 11.3 Å². The number of nitro groups is 1. The van der Waals surface area contributed by atoms with Crippen molar-refractivity contribution in [2.75, 3.05) is 0 Å². The van der Waals surface area contributed by atoms with Gasteiger partial charge in [-0.05, 0) is 67.7 Å². The lowest BCUT2D eigenvalue weighted by atomic mass is 9.89. The van der Waals surface area contributed by atoms with E-state index in [1.807, 2.05) is 17.5 Å². The number of hydrogen-bond acceptors (Lipinski definition) is 5. The van der Waals surface area contributed by atoms with Gasteiger partial charge in [0.25, 0.3) is 0 Å². The summed E-state index contributed by atoms with van der Waals surface area (Å²) in [6.45, 7) is 3.14. The Hall–Kier alpha value is -3.00. The zero-order valence-electron chi connectivity index (χ0n) is 17.1. The van der Waals surface area contributed by atoms with Crippen molar-refractivity contribution in [2.45, 2.75) is 52.1 Å². The molecule has 30 heavy (non-hydrogen) atoms. The topological polar surface area (TPSA) is 90.1 Å². The Balaban J connectivity index is 1.58. The van der Waals surface area contributed by atoms with Gasteiger partial charge < -0.3 is 5.32 Å². The first-order valence-corrected chi connectivity index (χ1v) is 10.9. The average Bonchev–Trinajstić information content (AvgIpc) is 3.34. The third-order valence-corrected chi connectivity index (χ3v) is 6.60. The van der Waals surface area contributed by atoms with Gasteiger partial charge in [0.2, 0.25) is 5.91 Å². The van der Waals surface area contributed by atoms with E-state index in [2.05, 4.69) is 28.6 Å². The first kappa shape index (κ1) is 20.3. The highest BCUT2D eigenvalue weighted by atomic mass is 32.1. The van der Waals surface area contributed by atoms with Crippen molar-refractivity contribution in [3.05, 3.63) is 78.8 Å². The molecule has 1 aliphatic carbocycles. The predicted molar refractivity (Wildman–Crippen MR) is 116 cm³/mol. The van der Waals surface area contributed by atoms with Gasteiger partial charge in [-0.1, -0.05) is 24.3 Å². The van der Waals surface area contributed by atoms with Gasteiger partial charge >= 0.3 is 5.69 Å². The first-order chi connectivity index (χ1) is 14.4. The molecule has 1 atom stereocenters. The van der Waals surface area contributed by atoms with Crippen LogP contribution in [0.4, 0.5) is 5.69 Å². The van der Waals surface area contributed by atoms with Crippen LogP contribution in [0.3, 0.4) is 0 Å². The van der Waals surface area contributed by atoms with Gasteiger partial charge in [-0.3, -0.25) is 19.6 Å². The minimum Gasteiger partial charge on any atom is -0.343 e. The van der Waals surface area contributed by atoms with Gasteiger partial charge in [-0.25, -0.2) is 0 Å². The van der Waals surface area contributed by atoms with Gasteiger partial charge in [0.15, 0.2) is 0 Å². The summed E-state index contributed by atoms with van der Waals surface area (Å²) in [5.74, 6) is -0.230. The number of aromatic nitrogens is 2. The number of amides is 1. The lowest BCUT2D eigenvalue weighted by Crippen LogP contribution is -2.32. The molecule has 3 aromatic rings. The third-order valence-electron chi connectivity index (χ3n) is 5.66. The molecule has 1 amide bonds. The maximum atomic E-state index is 12.9. The third kappa shape index (κ3) is 4.00. The minimum atomic E-state index is -0.451. The molecule has 4 rings (SSSR count). The van der Waals surface area contributed by atoms with E-state index in [1.165, 1.54) is 28.7 Å². The van der Waals surface area contributed by atoms with Crippen LogP contribution in [-0.4, -0.2) is 20.6 Å². The molecule has 0 aliphatic heterocycles. The van der Waals surface area contributed by atoms with E-state index in [4.69, 9.17) is 0 Å². The summed E-state index contributed by atoms with van der Waals surface area (Å²) in [4.78, 5) is 24.7. The zero-order chi connectivity index (χ0) is 21.3. The molecular formula is C22H24N4O3S. The summed E-state index contributed by atoms with van der Waals surface area (Å²) in [7, 11) is 0. The zero-order valence-corrected chi connectivity index (χ0v) is 17.9. The van der Waals surface area contributed by atoms with Crippen LogP contribution in [0.5, 0.6) is 0 Å². The molecule has 0 fully saturated rings. The quantitative estimate of drug-likeness (QED) is 0.473. The first-order valence-electron chi connectivity index (χ1n) is 10.1. The largest absolute Gasteiger partial charge is 0.343 e. The van der Waals surface area contributed by atoms with E-state index in [9.17, 15) is 14.9 Å². The lowest BCUT2D eigenvalue weighted by Gasteiger charge is -2.22. The SMILES string of the molecule is Cc1nn(CC(=O)NC(c2ccc3c(c2)CCCC3)c2cccs2)c(C)c1[N+](=O)[O-]. The molecule has 0 bridgehead atoms. The number of aryl methyl sites for hydroxylation is 3. The van der Waals surface area contributed by atoms with Crippen molar-refractivity contribution >= 4 is 22.9 Å². The van der Waals surface area contributed by atoms with E-state index in [0.29, 0.717) is 11.4 Å². The second-order valence-corrected chi connectivity index (χ2v) is 8.66. The summed E-state index contributed by atoms with van der Waals surface area (Å²) < 4.78 is 1.40. The summed E-state index contributed by atoms with van der Waals surface area (Å²) in [5.41, 5.74) is 4.49. The van der Waals surface area contributed by atoms with E-state index < -0.39 is 4.92 Å². The second kappa shape index (κ2) is 8.39. The highest BCUT2D eigenvalue weighted by Crippen LogP contribution is 2.30. The maximum absolute atomic E-state index is 12.9. The lowest BCUT2D eigenvalue weighted by molar-refractivity contribution is -0.386. The smallest absolute Gasteiger partial charge is 0.312 e. The molecule has 1 aromatic carbocycles. The summed E-state index contributed by atoms with van der Waals surface area (Å²) in [5, 5.41) is 20.5. The highest BCUT2D eigenvalue weighted by Gasteiger charge is 2.25. The number of nitrogens with zero attached hydrogens (tertiary/aromatic N) is 3. The summed E-state index contributed by atoms with van der Waals surface area (Å²) in [6, 6.07) is 10.2. The fourth-order valence-corrected chi connectivity index (χ4v) is 4.96. The van der Waals surface area contributed by atoms with Crippen LogP contribution < -0.4 is 5.32 Å². The molecule has 2 heterocycles. The van der Waals surface area contributed by atoms with Crippen LogP contribution in [0, 0.1) is 24.0 Å². The molecule has 1 N–H and O–H groups in total. The van der Waals surface area contributed by atoms with Gasteiger partial charge in [0, 0.05) is 4.88 Å². The Kier molecular flexibility index (Phi) is 5.67. The summed E-state index contributed by atoms with van der Waals surface area (Å²) >= 11 is 1.60.